The van der Waals surface area contributed by atoms with E-state index in [9.17, 15) is 28.5 Å². The quantitative estimate of drug-likeness (QED) is 0.0802. The van der Waals surface area contributed by atoms with Crippen LogP contribution in [0.25, 0.3) is 0 Å². The van der Waals surface area contributed by atoms with Crippen LogP contribution in [0.2, 0.25) is 0 Å². The van der Waals surface area contributed by atoms with Gasteiger partial charge >= 0.3 is 0 Å². The van der Waals surface area contributed by atoms with Gasteiger partial charge in [-0.25, -0.2) is 9.38 Å². The van der Waals surface area contributed by atoms with E-state index in [2.05, 4.69) is 15.2 Å². The number of benzene rings is 2. The number of aliphatic imine (C=N–C) groups is 2. The number of anilines is 1. The van der Waals surface area contributed by atoms with Gasteiger partial charge in [-0.3, -0.25) is 38.5 Å². The van der Waals surface area contributed by atoms with Crippen molar-refractivity contribution < 1.29 is 28.1 Å². The fourth-order valence-corrected chi connectivity index (χ4v) is 9.88. The van der Waals surface area contributed by atoms with Crippen LogP contribution in [0.15, 0.2) is 68.2 Å². The summed E-state index contributed by atoms with van der Waals surface area (Å²) in [7, 11) is 1.38. The predicted molar refractivity (Wildman–Crippen MR) is 223 cm³/mol. The third-order valence-corrected chi connectivity index (χ3v) is 13.2. The van der Waals surface area contributed by atoms with Gasteiger partial charge in [-0.05, 0) is 68.0 Å². The number of piperidine rings is 1. The van der Waals surface area contributed by atoms with Gasteiger partial charge in [0.25, 0.3) is 17.4 Å². The second-order valence-corrected chi connectivity index (χ2v) is 16.8. The van der Waals surface area contributed by atoms with Gasteiger partial charge in [-0.15, -0.1) is 4.31 Å². The molecule has 15 nitrogen and oxygen atoms in total. The number of imide groups is 1. The lowest BCUT2D eigenvalue weighted by atomic mass is 10.1. The molecule has 1 aromatic heterocycles. The first-order chi connectivity index (χ1) is 28.6. The average Bonchev–Trinajstić information content (AvgIpc) is 3.87. The first-order valence-corrected chi connectivity index (χ1v) is 21.3. The van der Waals surface area contributed by atoms with Gasteiger partial charge in [0.15, 0.2) is 4.90 Å². The Bertz CT molecular complexity index is 2180. The maximum Gasteiger partial charge on any atom is 0.262 e. The van der Waals surface area contributed by atoms with Crippen molar-refractivity contribution in [3.05, 3.63) is 87.0 Å². The van der Waals surface area contributed by atoms with Crippen LogP contribution in [0.1, 0.15) is 89.3 Å². The monoisotopic (exact) mass is 827 g/mol. The van der Waals surface area contributed by atoms with Crippen LogP contribution in [0.5, 0.6) is 0 Å². The lowest BCUT2D eigenvalue weighted by Gasteiger charge is -2.36. The highest BCUT2D eigenvalue weighted by Crippen LogP contribution is 2.34. The van der Waals surface area contributed by atoms with Crippen molar-refractivity contribution in [3.8, 4) is 0 Å². The number of aldehydes is 1. The third kappa shape index (κ3) is 9.02. The Balaban J connectivity index is 0.931. The van der Waals surface area contributed by atoms with E-state index in [0.717, 1.165) is 65.5 Å². The number of carbonyl (C=O) groups is 4. The minimum Gasteiger partial charge on any atom is -0.593 e. The largest absolute Gasteiger partial charge is 0.593 e. The van der Waals surface area contributed by atoms with E-state index in [4.69, 9.17) is 10.7 Å². The van der Waals surface area contributed by atoms with E-state index in [-0.39, 0.29) is 47.3 Å². The standard InChI is InChI=1S/C42H50FN9O6S/c1-45-40(55)36(10-5-21-53)52-41(56)33-23-35(43)37(24-34(33)42(52)57)49-19-17-48(18-20-49)26-28-6-4-9-32(22-28)59(58)50-15-13-30(14-16-50)46-25-29-11-12-38(54)51(39(29)47-27-44)31-7-2-3-8-31/h4,6,9,11-12,21-25,27,30-31,36H,2-3,5,7-8,10,13-20,26H2,1H3,(H2,44,47)(H,45,55)/b46-25-. The molecule has 59 heavy (non-hydrogen) atoms. The molecule has 2 atom stereocenters. The molecule has 4 heterocycles. The van der Waals surface area contributed by atoms with Crippen LogP contribution in [0.4, 0.5) is 15.9 Å². The summed E-state index contributed by atoms with van der Waals surface area (Å²) >= 11 is -1.36. The molecule has 3 aliphatic heterocycles. The van der Waals surface area contributed by atoms with Crippen molar-refractivity contribution >= 4 is 59.4 Å². The summed E-state index contributed by atoms with van der Waals surface area (Å²) in [5, 5.41) is 2.44. The zero-order valence-electron chi connectivity index (χ0n) is 33.1. The zero-order chi connectivity index (χ0) is 41.6. The number of pyridine rings is 1. The maximum atomic E-state index is 15.5. The molecular weight excluding hydrogens is 778 g/mol. The second kappa shape index (κ2) is 18.8. The number of hydrogen-bond acceptors (Lipinski definition) is 11. The molecule has 3 fully saturated rings. The van der Waals surface area contributed by atoms with E-state index in [1.807, 2.05) is 33.5 Å². The Hall–Kier alpha value is -5.23. The first kappa shape index (κ1) is 41.9. The van der Waals surface area contributed by atoms with Crippen molar-refractivity contribution in [2.45, 2.75) is 80.9 Å². The van der Waals surface area contributed by atoms with Crippen molar-refractivity contribution in [2.24, 2.45) is 15.7 Å². The summed E-state index contributed by atoms with van der Waals surface area (Å²) in [6.45, 7) is 3.97. The molecule has 2 aromatic carbocycles. The minimum absolute atomic E-state index is 0.0236. The molecule has 17 heteroatoms. The summed E-state index contributed by atoms with van der Waals surface area (Å²) in [6, 6.07) is 12.5. The number of fused-ring (bicyclic) bond motifs is 1. The Morgan fingerprint density at radius 1 is 0.983 bits per heavy atom. The van der Waals surface area contributed by atoms with Crippen LogP contribution >= 0.6 is 0 Å². The number of carbonyl (C=O) groups excluding carboxylic acids is 4. The summed E-state index contributed by atoms with van der Waals surface area (Å²) in [5.41, 5.74) is 7.48. The zero-order valence-corrected chi connectivity index (χ0v) is 33.9. The van der Waals surface area contributed by atoms with E-state index in [1.54, 1.807) is 22.9 Å². The Labute approximate surface area is 345 Å². The van der Waals surface area contributed by atoms with Gasteiger partial charge < -0.3 is 25.3 Å². The molecule has 312 valence electrons. The lowest BCUT2D eigenvalue weighted by Crippen LogP contribution is -2.48. The van der Waals surface area contributed by atoms with Crippen molar-refractivity contribution in [1.82, 2.24) is 24.0 Å². The number of nitrogens with zero attached hydrogens (tertiary/aromatic N) is 7. The molecule has 3 amide bonds. The van der Waals surface area contributed by atoms with E-state index < -0.39 is 40.9 Å². The number of nitrogens with one attached hydrogen (secondary N) is 1. The van der Waals surface area contributed by atoms with Crippen LogP contribution < -0.4 is 21.5 Å². The molecule has 0 radical (unpaired) electrons. The number of amides is 3. The number of piperazine rings is 1. The van der Waals surface area contributed by atoms with Gasteiger partial charge in [0.05, 0.1) is 40.6 Å². The van der Waals surface area contributed by atoms with E-state index in [1.165, 1.54) is 19.5 Å². The molecule has 0 spiro atoms. The number of hydrogen-bond donors (Lipinski definition) is 2. The minimum atomic E-state index is -1.36. The Morgan fingerprint density at radius 2 is 1.69 bits per heavy atom. The number of halogens is 1. The van der Waals surface area contributed by atoms with Gasteiger partial charge in [0, 0.05) is 83.2 Å². The molecule has 7 rings (SSSR count). The maximum absolute atomic E-state index is 15.5. The summed E-state index contributed by atoms with van der Waals surface area (Å²) in [5.74, 6) is -2.13. The van der Waals surface area contributed by atoms with E-state index in [0.29, 0.717) is 57.9 Å². The normalized spacial score (nSPS) is 19.6. The van der Waals surface area contributed by atoms with Crippen molar-refractivity contribution in [2.75, 3.05) is 51.2 Å². The SMILES string of the molecule is CNC(=O)C(CCC=O)N1C(=O)c2cc(F)c(N3CCN(Cc4cccc([S+]([O-])N5CCC(/N=C\c6ccc(=O)n(C7CCCC7)c6/N=C/N)CC5)c4)CC3)cc2C1=O. The highest BCUT2D eigenvalue weighted by atomic mass is 32.2. The summed E-state index contributed by atoms with van der Waals surface area (Å²) < 4.78 is 33.0. The molecular formula is C42H50FN9O6S. The lowest BCUT2D eigenvalue weighted by molar-refractivity contribution is -0.124. The highest BCUT2D eigenvalue weighted by Gasteiger charge is 2.43. The van der Waals surface area contributed by atoms with Crippen LogP contribution in [0.3, 0.4) is 0 Å². The van der Waals surface area contributed by atoms with Crippen LogP contribution in [-0.2, 0) is 27.5 Å². The number of likely N-dealkylation sites (N-methyl/N-ethyl adjacent to an activating group) is 1. The molecule has 3 aromatic rings. The number of nitrogens with two attached hydrogens (primary N) is 1. The highest BCUT2D eigenvalue weighted by molar-refractivity contribution is 7.89. The van der Waals surface area contributed by atoms with Crippen LogP contribution in [-0.4, -0.2) is 118 Å². The Kier molecular flexibility index (Phi) is 13.3. The van der Waals surface area contributed by atoms with Gasteiger partial charge in [0.1, 0.15) is 24.0 Å². The fraction of sp³-hybridized carbons (Fsp3) is 0.452. The molecule has 2 saturated heterocycles. The third-order valence-electron chi connectivity index (χ3n) is 11.7. The van der Waals surface area contributed by atoms with Gasteiger partial charge in [0.2, 0.25) is 5.91 Å². The molecule has 2 unspecified atom stereocenters. The Morgan fingerprint density at radius 3 is 2.37 bits per heavy atom. The second-order valence-electron chi connectivity index (χ2n) is 15.3. The van der Waals surface area contributed by atoms with E-state index >= 15 is 4.39 Å². The molecule has 1 aliphatic carbocycles. The summed E-state index contributed by atoms with van der Waals surface area (Å²) in [4.78, 5) is 77.8. The number of aromatic nitrogens is 1. The van der Waals surface area contributed by atoms with Gasteiger partial charge in [-0.2, -0.15) is 0 Å². The number of rotatable bonds is 14. The fourth-order valence-electron chi connectivity index (χ4n) is 8.60. The smallest absolute Gasteiger partial charge is 0.262 e. The average molecular weight is 828 g/mol. The molecule has 0 bridgehead atoms. The topological polar surface area (TPSA) is 189 Å². The summed E-state index contributed by atoms with van der Waals surface area (Å²) in [6.07, 6.45) is 9.08. The molecule has 1 saturated carbocycles. The van der Waals surface area contributed by atoms with Crippen LogP contribution in [0, 0.1) is 5.82 Å². The molecule has 3 N–H and O–H groups in total. The van der Waals surface area contributed by atoms with Crippen molar-refractivity contribution in [1.29, 1.82) is 0 Å². The predicted octanol–water partition coefficient (Wildman–Crippen LogP) is 3.34. The van der Waals surface area contributed by atoms with Crippen molar-refractivity contribution in [3.63, 3.8) is 0 Å². The van der Waals surface area contributed by atoms with Gasteiger partial charge in [-0.1, -0.05) is 25.0 Å². The molecule has 4 aliphatic rings. The first-order valence-electron chi connectivity index (χ1n) is 20.2.